The predicted octanol–water partition coefficient (Wildman–Crippen LogP) is 3.23. The molecule has 27 heavy (non-hydrogen) atoms. The van der Waals surface area contributed by atoms with Crippen LogP contribution < -0.4 is 5.56 Å². The molecule has 0 bridgehead atoms. The van der Waals surface area contributed by atoms with Crippen molar-refractivity contribution in [2.45, 2.75) is 25.6 Å². The van der Waals surface area contributed by atoms with Gasteiger partial charge in [-0.2, -0.15) is 18.3 Å². The summed E-state index contributed by atoms with van der Waals surface area (Å²) in [5.74, 6) is -1.44. The first-order valence-electron chi connectivity index (χ1n) is 8.04. The zero-order valence-electron chi connectivity index (χ0n) is 14.5. The lowest BCUT2D eigenvalue weighted by atomic mass is 10.00. The Morgan fingerprint density at radius 1 is 1.30 bits per heavy atom. The number of benzene rings is 1. The minimum Gasteiger partial charge on any atom is -0.477 e. The first kappa shape index (κ1) is 18.7. The van der Waals surface area contributed by atoms with Crippen LogP contribution in [0.15, 0.2) is 40.2 Å². The molecule has 6 nitrogen and oxygen atoms in total. The van der Waals surface area contributed by atoms with E-state index >= 15 is 0 Å². The Labute approximate surface area is 152 Å². The van der Waals surface area contributed by atoms with Crippen molar-refractivity contribution in [3.8, 4) is 5.69 Å². The molecule has 0 spiro atoms. The van der Waals surface area contributed by atoms with Crippen LogP contribution in [0.2, 0.25) is 0 Å². The Balaban J connectivity index is 2.28. The van der Waals surface area contributed by atoms with E-state index in [2.05, 4.69) is 5.10 Å². The van der Waals surface area contributed by atoms with Crippen molar-refractivity contribution in [2.24, 2.45) is 5.10 Å². The van der Waals surface area contributed by atoms with Crippen LogP contribution in [0.3, 0.4) is 0 Å². The molecule has 1 atom stereocenters. The van der Waals surface area contributed by atoms with Crippen LogP contribution >= 0.6 is 0 Å². The molecular formula is C18H16F3N3O3. The summed E-state index contributed by atoms with van der Waals surface area (Å²) in [4.78, 5) is 24.3. The minimum absolute atomic E-state index is 0.0433. The van der Waals surface area contributed by atoms with Crippen molar-refractivity contribution in [2.75, 3.05) is 7.05 Å². The normalized spacial score (nSPS) is 16.8. The second kappa shape index (κ2) is 6.57. The topological polar surface area (TPSA) is 74.9 Å². The molecular weight excluding hydrogens is 363 g/mol. The second-order valence-electron chi connectivity index (χ2n) is 6.22. The van der Waals surface area contributed by atoms with Crippen LogP contribution in [-0.2, 0) is 6.18 Å². The van der Waals surface area contributed by atoms with Gasteiger partial charge in [-0.1, -0.05) is 6.07 Å². The Morgan fingerprint density at radius 3 is 2.56 bits per heavy atom. The molecule has 1 aliphatic heterocycles. The standard InChI is InChI=1S/C18H16F3N3O3/c1-10-13(15-6-7-22-23(15)2)9-14(17(26)27)16(25)24(10)12-5-3-4-11(8-12)18(19,20)21/h3-5,7-9,15H,6H2,1-2H3,(H,26,27). The Bertz CT molecular complexity index is 996. The predicted molar refractivity (Wildman–Crippen MR) is 92.4 cm³/mol. The molecule has 9 heteroatoms. The number of carboxylic acid groups (broad SMARTS) is 1. The first-order valence-corrected chi connectivity index (χ1v) is 8.04. The molecule has 0 aliphatic carbocycles. The summed E-state index contributed by atoms with van der Waals surface area (Å²) in [5, 5.41) is 15.1. The first-order chi connectivity index (χ1) is 12.6. The summed E-state index contributed by atoms with van der Waals surface area (Å²) in [6.45, 7) is 1.58. The number of aromatic carboxylic acids is 1. The quantitative estimate of drug-likeness (QED) is 0.889. The zero-order valence-corrected chi connectivity index (χ0v) is 14.5. The second-order valence-corrected chi connectivity index (χ2v) is 6.22. The van der Waals surface area contributed by atoms with Gasteiger partial charge in [-0.3, -0.25) is 14.4 Å². The summed E-state index contributed by atoms with van der Waals surface area (Å²) in [5.41, 5.74) is -1.47. The number of hydrogen-bond acceptors (Lipinski definition) is 4. The van der Waals surface area contributed by atoms with Gasteiger partial charge in [0.2, 0.25) is 0 Å². The van der Waals surface area contributed by atoms with E-state index in [0.29, 0.717) is 17.7 Å². The van der Waals surface area contributed by atoms with Gasteiger partial charge in [0.05, 0.1) is 11.6 Å². The van der Waals surface area contributed by atoms with Gasteiger partial charge in [-0.05, 0) is 36.8 Å². The monoisotopic (exact) mass is 379 g/mol. The lowest BCUT2D eigenvalue weighted by molar-refractivity contribution is -0.137. The van der Waals surface area contributed by atoms with Crippen molar-refractivity contribution in [1.82, 2.24) is 9.58 Å². The van der Waals surface area contributed by atoms with Gasteiger partial charge in [0.15, 0.2) is 0 Å². The number of alkyl halides is 3. The maximum absolute atomic E-state index is 13.1. The molecule has 1 aromatic carbocycles. The molecule has 2 aromatic rings. The maximum Gasteiger partial charge on any atom is 0.416 e. The zero-order chi connectivity index (χ0) is 19.9. The Morgan fingerprint density at radius 2 is 2.00 bits per heavy atom. The van der Waals surface area contributed by atoms with E-state index in [1.54, 1.807) is 25.2 Å². The lowest BCUT2D eigenvalue weighted by Gasteiger charge is -2.24. The fourth-order valence-corrected chi connectivity index (χ4v) is 3.18. The fraction of sp³-hybridized carbons (Fsp3) is 0.278. The molecule has 1 aromatic heterocycles. The molecule has 1 N–H and O–H groups in total. The van der Waals surface area contributed by atoms with Crippen molar-refractivity contribution < 1.29 is 23.1 Å². The van der Waals surface area contributed by atoms with Crippen molar-refractivity contribution in [1.29, 1.82) is 0 Å². The average Bonchev–Trinajstić information content (AvgIpc) is 3.00. The summed E-state index contributed by atoms with van der Waals surface area (Å²) in [6.07, 6.45) is -2.43. The number of rotatable bonds is 3. The largest absolute Gasteiger partial charge is 0.477 e. The number of carbonyl (C=O) groups is 1. The van der Waals surface area contributed by atoms with Crippen LogP contribution in [0.1, 0.15) is 39.6 Å². The molecule has 0 fully saturated rings. The number of aromatic nitrogens is 1. The van der Waals surface area contributed by atoms with E-state index in [1.807, 2.05) is 0 Å². The highest BCUT2D eigenvalue weighted by atomic mass is 19.4. The number of hydrazone groups is 1. The van der Waals surface area contributed by atoms with Crippen LogP contribution in [0, 0.1) is 6.92 Å². The summed E-state index contributed by atoms with van der Waals surface area (Å²) < 4.78 is 40.2. The van der Waals surface area contributed by atoms with E-state index in [1.165, 1.54) is 18.2 Å². The number of carboxylic acids is 1. The highest BCUT2D eigenvalue weighted by molar-refractivity contribution is 5.87. The van der Waals surface area contributed by atoms with Gasteiger partial charge in [0.1, 0.15) is 5.56 Å². The molecule has 0 amide bonds. The Kier molecular flexibility index (Phi) is 4.54. The summed E-state index contributed by atoms with van der Waals surface area (Å²) in [6, 6.07) is 5.22. The van der Waals surface area contributed by atoms with Crippen molar-refractivity contribution in [3.63, 3.8) is 0 Å². The number of hydrogen-bond donors (Lipinski definition) is 1. The molecule has 1 aliphatic rings. The lowest BCUT2D eigenvalue weighted by Crippen LogP contribution is -2.30. The number of nitrogens with zero attached hydrogens (tertiary/aromatic N) is 3. The maximum atomic E-state index is 13.1. The highest BCUT2D eigenvalue weighted by Crippen LogP contribution is 2.32. The van der Waals surface area contributed by atoms with Gasteiger partial charge in [0.25, 0.3) is 5.56 Å². The van der Waals surface area contributed by atoms with Crippen molar-refractivity contribution in [3.05, 3.63) is 63.1 Å². The van der Waals surface area contributed by atoms with Crippen LogP contribution in [0.25, 0.3) is 5.69 Å². The third-order valence-electron chi connectivity index (χ3n) is 4.55. The third kappa shape index (κ3) is 3.32. The highest BCUT2D eigenvalue weighted by Gasteiger charge is 2.31. The van der Waals surface area contributed by atoms with E-state index < -0.39 is 28.8 Å². The van der Waals surface area contributed by atoms with E-state index in [-0.39, 0.29) is 11.7 Å². The van der Waals surface area contributed by atoms with Crippen LogP contribution in [0.4, 0.5) is 13.2 Å². The molecule has 0 saturated carbocycles. The van der Waals surface area contributed by atoms with E-state index in [4.69, 9.17) is 0 Å². The average molecular weight is 379 g/mol. The molecule has 2 heterocycles. The molecule has 3 rings (SSSR count). The Hall–Kier alpha value is -3.10. The smallest absolute Gasteiger partial charge is 0.416 e. The number of pyridine rings is 1. The van der Waals surface area contributed by atoms with Crippen LogP contribution in [-0.4, -0.2) is 33.9 Å². The minimum atomic E-state index is -4.58. The summed E-state index contributed by atoms with van der Waals surface area (Å²) in [7, 11) is 1.70. The molecule has 0 radical (unpaired) electrons. The third-order valence-corrected chi connectivity index (χ3v) is 4.55. The molecule has 1 unspecified atom stereocenters. The van der Waals surface area contributed by atoms with Gasteiger partial charge < -0.3 is 5.11 Å². The molecule has 142 valence electrons. The van der Waals surface area contributed by atoms with Gasteiger partial charge in [0, 0.05) is 31.1 Å². The van der Waals surface area contributed by atoms with Gasteiger partial charge in [-0.25, -0.2) is 4.79 Å². The van der Waals surface area contributed by atoms with Crippen LogP contribution in [0.5, 0.6) is 0 Å². The fourth-order valence-electron chi connectivity index (χ4n) is 3.18. The van der Waals surface area contributed by atoms with Crippen molar-refractivity contribution >= 4 is 12.2 Å². The number of halogens is 3. The van der Waals surface area contributed by atoms with Gasteiger partial charge in [-0.15, -0.1) is 0 Å². The SMILES string of the molecule is Cc1c(C2CC=NN2C)cc(C(=O)O)c(=O)n1-c1cccc(C(F)(F)F)c1. The van der Waals surface area contributed by atoms with E-state index in [0.717, 1.165) is 16.7 Å². The molecule has 0 saturated heterocycles. The van der Waals surface area contributed by atoms with Gasteiger partial charge >= 0.3 is 12.1 Å². The summed E-state index contributed by atoms with van der Waals surface area (Å²) >= 11 is 0. The van der Waals surface area contributed by atoms with E-state index in [9.17, 15) is 27.9 Å².